The van der Waals surface area contributed by atoms with E-state index in [-0.39, 0.29) is 11.1 Å². The topological polar surface area (TPSA) is 41.5 Å². The molecule has 0 saturated carbocycles. The van der Waals surface area contributed by atoms with Gasteiger partial charge in [0.2, 0.25) is 0 Å². The Morgan fingerprint density at radius 3 is 2.17 bits per heavy atom. The van der Waals surface area contributed by atoms with Crippen molar-refractivity contribution < 1.29 is 9.84 Å². The van der Waals surface area contributed by atoms with E-state index >= 15 is 0 Å². The van der Waals surface area contributed by atoms with Crippen molar-refractivity contribution in [3.63, 3.8) is 0 Å². The molecular weight excluding hydrogens is 226 g/mol. The van der Waals surface area contributed by atoms with E-state index in [1.165, 1.54) is 0 Å². The summed E-state index contributed by atoms with van der Waals surface area (Å²) in [5.74, 6) is 0.441. The van der Waals surface area contributed by atoms with Crippen molar-refractivity contribution >= 4 is 0 Å². The Labute approximate surface area is 113 Å². The van der Waals surface area contributed by atoms with Crippen molar-refractivity contribution in [2.24, 2.45) is 5.92 Å². The molecule has 0 aromatic heterocycles. The van der Waals surface area contributed by atoms with Crippen LogP contribution in [-0.2, 0) is 4.74 Å². The van der Waals surface area contributed by atoms with Crippen LogP contribution in [-0.4, -0.2) is 35.5 Å². The normalized spacial score (nSPS) is 15.2. The molecule has 18 heavy (non-hydrogen) atoms. The van der Waals surface area contributed by atoms with Gasteiger partial charge in [0.15, 0.2) is 0 Å². The van der Waals surface area contributed by atoms with Gasteiger partial charge in [-0.3, -0.25) is 0 Å². The van der Waals surface area contributed by atoms with Crippen molar-refractivity contribution in [1.82, 2.24) is 5.32 Å². The SMILES string of the molecule is CCCNC(C)(C)CC(O)COC(C)(C)C(C)C. The van der Waals surface area contributed by atoms with Gasteiger partial charge in [0.05, 0.1) is 18.3 Å². The standard InChI is InChI=1S/C15H33NO2/c1-8-9-16-14(4,5)10-13(17)11-18-15(6,7)12(2)3/h12-13,16-17H,8-11H2,1-7H3. The van der Waals surface area contributed by atoms with Crippen LogP contribution < -0.4 is 5.32 Å². The molecule has 3 heteroatoms. The predicted molar refractivity (Wildman–Crippen MR) is 77.9 cm³/mol. The summed E-state index contributed by atoms with van der Waals surface area (Å²) >= 11 is 0. The molecule has 0 aliphatic carbocycles. The van der Waals surface area contributed by atoms with Crippen LogP contribution in [0, 0.1) is 5.92 Å². The third-order valence-electron chi connectivity index (χ3n) is 3.64. The van der Waals surface area contributed by atoms with Crippen LogP contribution in [0.15, 0.2) is 0 Å². The smallest absolute Gasteiger partial charge is 0.0791 e. The number of hydrogen-bond donors (Lipinski definition) is 2. The lowest BCUT2D eigenvalue weighted by molar-refractivity contribution is -0.0880. The molecule has 0 rings (SSSR count). The van der Waals surface area contributed by atoms with Gasteiger partial charge in [-0.1, -0.05) is 20.8 Å². The van der Waals surface area contributed by atoms with Crippen molar-refractivity contribution in [1.29, 1.82) is 0 Å². The van der Waals surface area contributed by atoms with Crippen LogP contribution >= 0.6 is 0 Å². The lowest BCUT2D eigenvalue weighted by atomic mass is 9.94. The van der Waals surface area contributed by atoms with Gasteiger partial charge in [0.1, 0.15) is 0 Å². The van der Waals surface area contributed by atoms with Crippen LogP contribution in [0.1, 0.15) is 61.3 Å². The molecule has 1 unspecified atom stereocenters. The fraction of sp³-hybridized carbons (Fsp3) is 1.00. The Hall–Kier alpha value is -0.120. The molecule has 0 radical (unpaired) electrons. The molecule has 0 aliphatic rings. The van der Waals surface area contributed by atoms with E-state index in [9.17, 15) is 5.11 Å². The molecule has 0 aromatic rings. The van der Waals surface area contributed by atoms with E-state index in [2.05, 4.69) is 53.8 Å². The van der Waals surface area contributed by atoms with E-state index in [0.29, 0.717) is 18.9 Å². The van der Waals surface area contributed by atoms with E-state index in [1.54, 1.807) is 0 Å². The summed E-state index contributed by atoms with van der Waals surface area (Å²) in [4.78, 5) is 0. The van der Waals surface area contributed by atoms with Crippen molar-refractivity contribution in [2.45, 2.75) is 78.6 Å². The first-order valence-electron chi connectivity index (χ1n) is 7.18. The first kappa shape index (κ1) is 17.9. The van der Waals surface area contributed by atoms with Gasteiger partial charge in [-0.05, 0) is 53.0 Å². The lowest BCUT2D eigenvalue weighted by Gasteiger charge is -2.33. The van der Waals surface area contributed by atoms with Crippen LogP contribution in [0.5, 0.6) is 0 Å². The lowest BCUT2D eigenvalue weighted by Crippen LogP contribution is -2.44. The van der Waals surface area contributed by atoms with Crippen molar-refractivity contribution in [3.8, 4) is 0 Å². The number of hydrogen-bond acceptors (Lipinski definition) is 3. The van der Waals surface area contributed by atoms with Gasteiger partial charge in [0, 0.05) is 5.54 Å². The Bertz CT molecular complexity index is 225. The Morgan fingerprint density at radius 2 is 1.72 bits per heavy atom. The number of rotatable bonds is 9. The molecule has 0 aliphatic heterocycles. The summed E-state index contributed by atoms with van der Waals surface area (Å²) in [6, 6.07) is 0. The molecule has 110 valence electrons. The van der Waals surface area contributed by atoms with Gasteiger partial charge in [0.25, 0.3) is 0 Å². The van der Waals surface area contributed by atoms with Crippen LogP contribution in [0.4, 0.5) is 0 Å². The van der Waals surface area contributed by atoms with E-state index in [1.807, 2.05) is 0 Å². The second-order valence-corrected chi connectivity index (χ2v) is 6.74. The number of aliphatic hydroxyl groups is 1. The molecule has 3 nitrogen and oxygen atoms in total. The Kier molecular flexibility index (Phi) is 7.41. The molecule has 0 bridgehead atoms. The molecule has 2 N–H and O–H groups in total. The van der Waals surface area contributed by atoms with Gasteiger partial charge < -0.3 is 15.2 Å². The molecule has 0 heterocycles. The first-order valence-corrected chi connectivity index (χ1v) is 7.18. The summed E-state index contributed by atoms with van der Waals surface area (Å²) in [6.45, 7) is 16.2. The molecule has 0 fully saturated rings. The molecule has 0 saturated heterocycles. The maximum Gasteiger partial charge on any atom is 0.0791 e. The second kappa shape index (κ2) is 7.46. The minimum Gasteiger partial charge on any atom is -0.391 e. The zero-order valence-electron chi connectivity index (χ0n) is 13.3. The summed E-state index contributed by atoms with van der Waals surface area (Å²) in [5.41, 5.74) is -0.220. The molecule has 0 spiro atoms. The molecular formula is C15H33NO2. The zero-order chi connectivity index (χ0) is 14.4. The van der Waals surface area contributed by atoms with Gasteiger partial charge in [-0.15, -0.1) is 0 Å². The van der Waals surface area contributed by atoms with Crippen molar-refractivity contribution in [2.75, 3.05) is 13.2 Å². The highest BCUT2D eigenvalue weighted by Crippen LogP contribution is 2.21. The van der Waals surface area contributed by atoms with Crippen molar-refractivity contribution in [3.05, 3.63) is 0 Å². The fourth-order valence-corrected chi connectivity index (χ4v) is 1.66. The Balaban J connectivity index is 4.07. The van der Waals surface area contributed by atoms with Crippen LogP contribution in [0.2, 0.25) is 0 Å². The summed E-state index contributed by atoms with van der Waals surface area (Å²) < 4.78 is 5.83. The minimum absolute atomic E-state index is 0.0409. The quantitative estimate of drug-likeness (QED) is 0.669. The van der Waals surface area contributed by atoms with E-state index in [0.717, 1.165) is 13.0 Å². The van der Waals surface area contributed by atoms with Crippen LogP contribution in [0.25, 0.3) is 0 Å². The highest BCUT2D eigenvalue weighted by Gasteiger charge is 2.26. The third-order valence-corrected chi connectivity index (χ3v) is 3.64. The zero-order valence-corrected chi connectivity index (χ0v) is 13.3. The minimum atomic E-state index is -0.414. The number of nitrogens with one attached hydrogen (secondary N) is 1. The first-order chi connectivity index (χ1) is 8.10. The average molecular weight is 259 g/mol. The summed E-state index contributed by atoms with van der Waals surface area (Å²) in [6.07, 6.45) is 1.40. The summed E-state index contributed by atoms with van der Waals surface area (Å²) in [7, 11) is 0. The van der Waals surface area contributed by atoms with Gasteiger partial charge in [-0.2, -0.15) is 0 Å². The maximum atomic E-state index is 10.1. The van der Waals surface area contributed by atoms with Crippen LogP contribution in [0.3, 0.4) is 0 Å². The fourth-order valence-electron chi connectivity index (χ4n) is 1.66. The predicted octanol–water partition coefficient (Wildman–Crippen LogP) is 2.97. The average Bonchev–Trinajstić information content (AvgIpc) is 2.23. The number of aliphatic hydroxyl groups excluding tert-OH is 1. The van der Waals surface area contributed by atoms with Gasteiger partial charge >= 0.3 is 0 Å². The number of ether oxygens (including phenoxy) is 1. The van der Waals surface area contributed by atoms with E-state index in [4.69, 9.17) is 4.74 Å². The second-order valence-electron chi connectivity index (χ2n) is 6.74. The third kappa shape index (κ3) is 7.34. The maximum absolute atomic E-state index is 10.1. The molecule has 1 atom stereocenters. The summed E-state index contributed by atoms with van der Waals surface area (Å²) in [5, 5.41) is 13.5. The molecule has 0 aromatic carbocycles. The van der Waals surface area contributed by atoms with E-state index < -0.39 is 6.10 Å². The molecule has 0 amide bonds. The Morgan fingerprint density at radius 1 is 1.17 bits per heavy atom. The largest absolute Gasteiger partial charge is 0.391 e. The van der Waals surface area contributed by atoms with Gasteiger partial charge in [-0.25, -0.2) is 0 Å². The highest BCUT2D eigenvalue weighted by molar-refractivity contribution is 4.81. The monoisotopic (exact) mass is 259 g/mol. The highest BCUT2D eigenvalue weighted by atomic mass is 16.5.